The van der Waals surface area contributed by atoms with Crippen molar-refractivity contribution in [2.24, 2.45) is 11.7 Å². The number of hydrogen-bond acceptors (Lipinski definition) is 1. The van der Waals surface area contributed by atoms with Crippen molar-refractivity contribution in [1.29, 1.82) is 0 Å². The summed E-state index contributed by atoms with van der Waals surface area (Å²) >= 11 is 11.8. The first-order chi connectivity index (χ1) is 6.94. The lowest BCUT2D eigenvalue weighted by Gasteiger charge is -1.99. The van der Waals surface area contributed by atoms with E-state index in [4.69, 9.17) is 28.9 Å². The molecule has 1 aromatic carbocycles. The van der Waals surface area contributed by atoms with Crippen molar-refractivity contribution in [3.8, 4) is 0 Å². The first-order valence-corrected chi connectivity index (χ1v) is 5.13. The van der Waals surface area contributed by atoms with Gasteiger partial charge in [-0.1, -0.05) is 12.1 Å². The second-order valence-electron chi connectivity index (χ2n) is 3.59. The van der Waals surface area contributed by atoms with Gasteiger partial charge in [0.2, 0.25) is 5.91 Å². The fourth-order valence-corrected chi connectivity index (χ4v) is 2.64. The van der Waals surface area contributed by atoms with Gasteiger partial charge in [0.1, 0.15) is 10.2 Å². The Hall–Kier alpha value is -0.800. The van der Waals surface area contributed by atoms with Crippen LogP contribution in [0.15, 0.2) is 24.3 Å². The molecule has 2 unspecified atom stereocenters. The lowest BCUT2D eigenvalue weighted by Crippen LogP contribution is -2.16. The number of hydrogen-bond donors (Lipinski definition) is 1. The van der Waals surface area contributed by atoms with Crippen LogP contribution in [0.3, 0.4) is 0 Å². The maximum Gasteiger partial charge on any atom is 0.224 e. The number of benzene rings is 1. The molecule has 0 heterocycles. The highest BCUT2D eigenvalue weighted by Crippen LogP contribution is 2.64. The first-order valence-electron chi connectivity index (χ1n) is 4.37. The minimum absolute atomic E-state index is 0.383. The Morgan fingerprint density at radius 1 is 1.47 bits per heavy atom. The van der Waals surface area contributed by atoms with Gasteiger partial charge in [-0.3, -0.25) is 4.79 Å². The first kappa shape index (κ1) is 10.7. The van der Waals surface area contributed by atoms with Crippen LogP contribution in [0.4, 0.5) is 4.39 Å². The minimum atomic E-state index is -1.19. The van der Waals surface area contributed by atoms with Gasteiger partial charge in [0.25, 0.3) is 0 Å². The van der Waals surface area contributed by atoms with Crippen LogP contribution in [-0.4, -0.2) is 10.2 Å². The topological polar surface area (TPSA) is 43.1 Å². The molecule has 80 valence electrons. The smallest absolute Gasteiger partial charge is 0.224 e. The fourth-order valence-electron chi connectivity index (χ4n) is 1.80. The van der Waals surface area contributed by atoms with Gasteiger partial charge in [-0.05, 0) is 17.7 Å². The van der Waals surface area contributed by atoms with E-state index in [0.29, 0.717) is 5.56 Å². The number of amides is 1. The summed E-state index contributed by atoms with van der Waals surface area (Å²) < 4.78 is 11.7. The minimum Gasteiger partial charge on any atom is -0.369 e. The third-order valence-electron chi connectivity index (χ3n) is 2.57. The maximum absolute atomic E-state index is 12.9. The van der Waals surface area contributed by atoms with E-state index in [0.717, 1.165) is 0 Å². The molecule has 2 atom stereocenters. The second-order valence-corrected chi connectivity index (χ2v) is 5.03. The maximum atomic E-state index is 12.9. The van der Waals surface area contributed by atoms with Gasteiger partial charge in [0.15, 0.2) is 0 Å². The predicted octanol–water partition coefficient (Wildman–Crippen LogP) is 2.20. The van der Waals surface area contributed by atoms with Crippen molar-refractivity contribution in [2.45, 2.75) is 10.3 Å². The molecule has 1 fully saturated rings. The van der Waals surface area contributed by atoms with Crippen LogP contribution in [0.25, 0.3) is 0 Å². The average molecular weight is 248 g/mol. The summed E-state index contributed by atoms with van der Waals surface area (Å²) in [5, 5.41) is 0. The number of primary amides is 1. The molecule has 0 spiro atoms. The summed E-state index contributed by atoms with van der Waals surface area (Å²) in [5.41, 5.74) is 5.74. The highest BCUT2D eigenvalue weighted by Gasteiger charge is 2.67. The molecular weight excluding hydrogens is 240 g/mol. The number of halogens is 3. The number of nitrogens with two attached hydrogens (primary N) is 1. The van der Waals surface area contributed by atoms with Crippen LogP contribution in [-0.2, 0) is 4.79 Å². The molecule has 0 bridgehead atoms. The average Bonchev–Trinajstić information content (AvgIpc) is 2.69. The van der Waals surface area contributed by atoms with Gasteiger partial charge in [-0.2, -0.15) is 0 Å². The molecule has 1 amide bonds. The van der Waals surface area contributed by atoms with Gasteiger partial charge >= 0.3 is 0 Å². The summed E-state index contributed by atoms with van der Waals surface area (Å²) in [7, 11) is 0. The summed E-state index contributed by atoms with van der Waals surface area (Å²) in [6.45, 7) is 0. The van der Waals surface area contributed by atoms with E-state index in [9.17, 15) is 9.18 Å². The molecule has 1 saturated carbocycles. The summed E-state index contributed by atoms with van der Waals surface area (Å²) in [6, 6.07) is 5.85. The fraction of sp³-hybridized carbons (Fsp3) is 0.300. The van der Waals surface area contributed by atoms with Crippen molar-refractivity contribution in [2.75, 3.05) is 0 Å². The van der Waals surface area contributed by atoms with Crippen LogP contribution >= 0.6 is 23.2 Å². The Kier molecular flexibility index (Phi) is 2.40. The summed E-state index contributed by atoms with van der Waals surface area (Å²) in [4.78, 5) is 11.0. The molecule has 5 heteroatoms. The van der Waals surface area contributed by atoms with E-state index in [2.05, 4.69) is 0 Å². The molecule has 0 aliphatic heterocycles. The van der Waals surface area contributed by atoms with Crippen LogP contribution in [0, 0.1) is 11.7 Å². The predicted molar refractivity (Wildman–Crippen MR) is 56.3 cm³/mol. The Morgan fingerprint density at radius 3 is 2.60 bits per heavy atom. The summed E-state index contributed by atoms with van der Waals surface area (Å²) in [5.74, 6) is -1.99. The Bertz CT molecular complexity index is 422. The number of carbonyl (C=O) groups is 1. The highest BCUT2D eigenvalue weighted by atomic mass is 35.5. The van der Waals surface area contributed by atoms with Crippen LogP contribution < -0.4 is 5.73 Å². The molecule has 1 aromatic rings. The zero-order valence-electron chi connectivity index (χ0n) is 7.58. The Morgan fingerprint density at radius 2 is 2.13 bits per heavy atom. The summed E-state index contributed by atoms with van der Waals surface area (Å²) in [6.07, 6.45) is 0. The molecule has 0 aromatic heterocycles. The van der Waals surface area contributed by atoms with Crippen molar-refractivity contribution in [3.63, 3.8) is 0 Å². The molecule has 2 rings (SSSR count). The lowest BCUT2D eigenvalue weighted by molar-refractivity contribution is -0.119. The number of rotatable bonds is 2. The normalized spacial score (nSPS) is 27.4. The van der Waals surface area contributed by atoms with E-state index in [1.807, 2.05) is 0 Å². The molecule has 15 heavy (non-hydrogen) atoms. The van der Waals surface area contributed by atoms with Crippen LogP contribution in [0.1, 0.15) is 11.5 Å². The SMILES string of the molecule is NC(=O)C1C(c2cccc(F)c2)C1(Cl)Cl. The zero-order chi connectivity index (χ0) is 11.2. The van der Waals surface area contributed by atoms with Gasteiger partial charge in [0.05, 0.1) is 5.92 Å². The van der Waals surface area contributed by atoms with Crippen molar-refractivity contribution in [3.05, 3.63) is 35.6 Å². The largest absolute Gasteiger partial charge is 0.369 e. The van der Waals surface area contributed by atoms with E-state index in [-0.39, 0.29) is 5.82 Å². The molecule has 0 saturated heterocycles. The van der Waals surface area contributed by atoms with Crippen LogP contribution in [0.2, 0.25) is 0 Å². The van der Waals surface area contributed by atoms with Crippen molar-refractivity contribution < 1.29 is 9.18 Å². The van der Waals surface area contributed by atoms with E-state index in [1.165, 1.54) is 12.1 Å². The van der Waals surface area contributed by atoms with Gasteiger partial charge in [-0.15, -0.1) is 23.2 Å². The Balaban J connectivity index is 2.31. The lowest BCUT2D eigenvalue weighted by atomic mass is 10.1. The third kappa shape index (κ3) is 1.70. The van der Waals surface area contributed by atoms with E-state index >= 15 is 0 Å². The molecule has 2 nitrogen and oxygen atoms in total. The molecule has 0 radical (unpaired) electrons. The van der Waals surface area contributed by atoms with Gasteiger partial charge in [0, 0.05) is 5.92 Å². The van der Waals surface area contributed by atoms with Crippen molar-refractivity contribution >= 4 is 29.1 Å². The standard InChI is InChI=1S/C10H8Cl2FNO/c11-10(12)7(8(10)9(14)15)5-2-1-3-6(13)4-5/h1-4,7-8H,(H2,14,15). The molecule has 2 N–H and O–H groups in total. The van der Waals surface area contributed by atoms with Crippen LogP contribution in [0.5, 0.6) is 0 Å². The van der Waals surface area contributed by atoms with E-state index in [1.54, 1.807) is 12.1 Å². The van der Waals surface area contributed by atoms with Gasteiger partial charge in [-0.25, -0.2) is 4.39 Å². The van der Waals surface area contributed by atoms with Gasteiger partial charge < -0.3 is 5.73 Å². The molecular formula is C10H8Cl2FNO. The molecule has 1 aliphatic rings. The van der Waals surface area contributed by atoms with E-state index < -0.39 is 22.1 Å². The number of alkyl halides is 2. The Labute approximate surface area is 96.2 Å². The third-order valence-corrected chi connectivity index (χ3v) is 3.51. The van der Waals surface area contributed by atoms with Crippen molar-refractivity contribution in [1.82, 2.24) is 0 Å². The monoisotopic (exact) mass is 247 g/mol. The zero-order valence-corrected chi connectivity index (χ0v) is 9.10. The highest BCUT2D eigenvalue weighted by molar-refractivity contribution is 6.53. The number of carbonyl (C=O) groups excluding carboxylic acids is 1. The second kappa shape index (κ2) is 3.35. The molecule has 1 aliphatic carbocycles. The quantitative estimate of drug-likeness (QED) is 0.801.